The zero-order valence-corrected chi connectivity index (χ0v) is 22.2. The Bertz CT molecular complexity index is 1370. The number of rotatable bonds is 11. The first-order valence-electron chi connectivity index (χ1n) is 12.6. The van der Waals surface area contributed by atoms with Crippen LogP contribution in [0.4, 0.5) is 8.78 Å². The van der Waals surface area contributed by atoms with Crippen LogP contribution in [0.25, 0.3) is 10.6 Å². The van der Waals surface area contributed by atoms with Gasteiger partial charge >= 0.3 is 0 Å². The Morgan fingerprint density at radius 3 is 2.47 bits per heavy atom. The first kappa shape index (κ1) is 27.6. The minimum absolute atomic E-state index is 0.0451. The average Bonchev–Trinajstić information content (AvgIpc) is 3.38. The fourth-order valence-electron chi connectivity index (χ4n) is 4.26. The minimum atomic E-state index is -1.02. The molecule has 0 saturated heterocycles. The Morgan fingerprint density at radius 1 is 1.00 bits per heavy atom. The summed E-state index contributed by atoms with van der Waals surface area (Å²) in [5.41, 5.74) is 4.85. The van der Waals surface area contributed by atoms with Crippen LogP contribution >= 0.6 is 11.3 Å². The molecule has 0 saturated carbocycles. The predicted molar refractivity (Wildman–Crippen MR) is 147 cm³/mol. The molecule has 1 aromatic heterocycles. The first-order chi connectivity index (χ1) is 18.3. The molecule has 2 atom stereocenters. The van der Waals surface area contributed by atoms with E-state index < -0.39 is 29.7 Å². The monoisotopic (exact) mass is 535 g/mol. The number of benzene rings is 3. The summed E-state index contributed by atoms with van der Waals surface area (Å²) in [5, 5.41) is 19.4. The molecule has 4 aromatic rings. The number of amides is 1. The van der Waals surface area contributed by atoms with Crippen molar-refractivity contribution in [2.45, 2.75) is 45.4 Å². The normalized spacial score (nSPS) is 12.8. The molecule has 3 N–H and O–H groups in total. The second-order valence-corrected chi connectivity index (χ2v) is 10.2. The van der Waals surface area contributed by atoms with Gasteiger partial charge in [-0.05, 0) is 54.7 Å². The number of aromatic nitrogens is 1. The lowest BCUT2D eigenvalue weighted by molar-refractivity contribution is 0.0826. The molecule has 0 spiro atoms. The van der Waals surface area contributed by atoms with E-state index in [2.05, 4.69) is 34.7 Å². The van der Waals surface area contributed by atoms with Crippen molar-refractivity contribution in [3.05, 3.63) is 112 Å². The maximum Gasteiger partial charge on any atom is 0.271 e. The average molecular weight is 536 g/mol. The van der Waals surface area contributed by atoms with Crippen LogP contribution in [-0.2, 0) is 19.4 Å². The molecule has 0 aliphatic carbocycles. The first-order valence-corrected chi connectivity index (χ1v) is 13.4. The second kappa shape index (κ2) is 12.9. The number of nitrogens with one attached hydrogen (secondary N) is 2. The Labute approximate surface area is 225 Å². The molecule has 38 heavy (non-hydrogen) atoms. The summed E-state index contributed by atoms with van der Waals surface area (Å²) >= 11 is 1.35. The highest BCUT2D eigenvalue weighted by atomic mass is 32.1. The maximum absolute atomic E-state index is 13.8. The van der Waals surface area contributed by atoms with Gasteiger partial charge in [0.2, 0.25) is 0 Å². The molecule has 0 aliphatic rings. The molecule has 5 nitrogen and oxygen atoms in total. The lowest BCUT2D eigenvalue weighted by Gasteiger charge is -2.24. The number of hydrogen-bond donors (Lipinski definition) is 3. The molecule has 4 rings (SSSR count). The summed E-state index contributed by atoms with van der Waals surface area (Å²) < 4.78 is 27.7. The van der Waals surface area contributed by atoms with Gasteiger partial charge in [0.1, 0.15) is 22.3 Å². The van der Waals surface area contributed by atoms with Crippen LogP contribution in [0.5, 0.6) is 0 Å². The third-order valence-corrected chi connectivity index (χ3v) is 7.13. The Morgan fingerprint density at radius 2 is 1.74 bits per heavy atom. The predicted octanol–water partition coefficient (Wildman–Crippen LogP) is 5.45. The van der Waals surface area contributed by atoms with Gasteiger partial charge < -0.3 is 15.7 Å². The number of thiazole rings is 1. The molecule has 3 aromatic carbocycles. The number of aryl methyl sites for hydroxylation is 2. The lowest BCUT2D eigenvalue weighted by Crippen LogP contribution is -2.48. The van der Waals surface area contributed by atoms with Gasteiger partial charge in [-0.3, -0.25) is 4.79 Å². The van der Waals surface area contributed by atoms with Crippen molar-refractivity contribution in [2.24, 2.45) is 0 Å². The van der Waals surface area contributed by atoms with Gasteiger partial charge in [0.05, 0.1) is 12.1 Å². The molecule has 1 amide bonds. The number of hydrogen-bond acceptors (Lipinski definition) is 5. The standard InChI is InChI=1S/C30H31F2N3O2S/c1-3-20-7-5-8-21(11-20)16-33-17-28(36)26(14-22-12-24(31)15-25(32)13-22)34-29(37)27-18-38-30(35-27)23-9-4-6-19(2)10-23/h4-13,15,18,26,28,33,36H,3,14,16-17H2,1-2H3,(H,34,37)/t26-,28-/m0/s1. The molecule has 8 heteroatoms. The van der Waals surface area contributed by atoms with Crippen molar-refractivity contribution in [2.75, 3.05) is 6.54 Å². The highest BCUT2D eigenvalue weighted by Crippen LogP contribution is 2.24. The Hall–Kier alpha value is -3.46. The van der Waals surface area contributed by atoms with Gasteiger partial charge in [-0.1, -0.05) is 55.0 Å². The van der Waals surface area contributed by atoms with E-state index in [1.54, 1.807) is 5.38 Å². The Kier molecular flexibility index (Phi) is 9.33. The highest BCUT2D eigenvalue weighted by Gasteiger charge is 2.24. The van der Waals surface area contributed by atoms with E-state index in [9.17, 15) is 18.7 Å². The van der Waals surface area contributed by atoms with Gasteiger partial charge in [-0.2, -0.15) is 0 Å². The quantitative estimate of drug-likeness (QED) is 0.239. The molecule has 0 fully saturated rings. The fraction of sp³-hybridized carbons (Fsp3) is 0.267. The van der Waals surface area contributed by atoms with Crippen LogP contribution in [0, 0.1) is 18.6 Å². The third kappa shape index (κ3) is 7.54. The molecule has 0 aliphatic heterocycles. The molecular weight excluding hydrogens is 504 g/mol. The van der Waals surface area contributed by atoms with E-state index in [0.717, 1.165) is 29.2 Å². The Balaban J connectivity index is 1.47. The largest absolute Gasteiger partial charge is 0.390 e. The van der Waals surface area contributed by atoms with Crippen LogP contribution in [-0.4, -0.2) is 34.7 Å². The summed E-state index contributed by atoms with van der Waals surface area (Å²) in [4.78, 5) is 17.6. The molecular formula is C30H31F2N3O2S. The van der Waals surface area contributed by atoms with Gasteiger partial charge in [-0.25, -0.2) is 13.8 Å². The molecule has 0 unspecified atom stereocenters. The number of halogens is 2. The van der Waals surface area contributed by atoms with Gasteiger partial charge in [-0.15, -0.1) is 11.3 Å². The summed E-state index contributed by atoms with van der Waals surface area (Å²) in [5.74, 6) is -1.89. The number of aliphatic hydroxyl groups excluding tert-OH is 1. The highest BCUT2D eigenvalue weighted by molar-refractivity contribution is 7.13. The van der Waals surface area contributed by atoms with Crippen molar-refractivity contribution in [1.82, 2.24) is 15.6 Å². The topological polar surface area (TPSA) is 74.2 Å². The van der Waals surface area contributed by atoms with Crippen molar-refractivity contribution < 1.29 is 18.7 Å². The molecule has 1 heterocycles. The van der Waals surface area contributed by atoms with Crippen molar-refractivity contribution in [3.8, 4) is 10.6 Å². The summed E-state index contributed by atoms with van der Waals surface area (Å²) in [6, 6.07) is 18.4. The van der Waals surface area contributed by atoms with E-state index in [4.69, 9.17) is 0 Å². The number of carbonyl (C=O) groups is 1. The van der Waals surface area contributed by atoms with E-state index in [0.29, 0.717) is 17.1 Å². The molecule has 0 radical (unpaired) electrons. The third-order valence-electron chi connectivity index (χ3n) is 6.24. The number of aliphatic hydroxyl groups is 1. The van der Waals surface area contributed by atoms with Gasteiger partial charge in [0.25, 0.3) is 5.91 Å². The summed E-state index contributed by atoms with van der Waals surface area (Å²) in [6.45, 7) is 4.78. The van der Waals surface area contributed by atoms with E-state index in [1.807, 2.05) is 43.3 Å². The second-order valence-electron chi connectivity index (χ2n) is 9.34. The van der Waals surface area contributed by atoms with Gasteiger partial charge in [0.15, 0.2) is 0 Å². The SMILES string of the molecule is CCc1cccc(CNC[C@H](O)[C@H](Cc2cc(F)cc(F)c2)NC(=O)c2csc(-c3cccc(C)c3)n2)c1. The summed E-state index contributed by atoms with van der Waals surface area (Å²) in [7, 11) is 0. The van der Waals surface area contributed by atoms with Crippen molar-refractivity contribution >= 4 is 17.2 Å². The zero-order chi connectivity index (χ0) is 27.1. The van der Waals surface area contributed by atoms with Crippen LogP contribution in [0.1, 0.15) is 39.7 Å². The van der Waals surface area contributed by atoms with Crippen molar-refractivity contribution in [3.63, 3.8) is 0 Å². The molecule has 0 bridgehead atoms. The smallest absolute Gasteiger partial charge is 0.271 e. The number of nitrogens with zero attached hydrogens (tertiary/aromatic N) is 1. The van der Waals surface area contributed by atoms with Crippen LogP contribution in [0.3, 0.4) is 0 Å². The van der Waals surface area contributed by atoms with E-state index in [-0.39, 0.29) is 18.7 Å². The minimum Gasteiger partial charge on any atom is -0.390 e. The van der Waals surface area contributed by atoms with Crippen molar-refractivity contribution in [1.29, 1.82) is 0 Å². The van der Waals surface area contributed by atoms with E-state index in [1.165, 1.54) is 29.0 Å². The van der Waals surface area contributed by atoms with Crippen LogP contribution < -0.4 is 10.6 Å². The maximum atomic E-state index is 13.8. The zero-order valence-electron chi connectivity index (χ0n) is 21.4. The van der Waals surface area contributed by atoms with Gasteiger partial charge in [0, 0.05) is 30.1 Å². The molecule has 198 valence electrons. The number of carbonyl (C=O) groups excluding carboxylic acids is 1. The fourth-order valence-corrected chi connectivity index (χ4v) is 5.06. The van der Waals surface area contributed by atoms with Crippen LogP contribution in [0.2, 0.25) is 0 Å². The van der Waals surface area contributed by atoms with Crippen LogP contribution in [0.15, 0.2) is 72.1 Å². The summed E-state index contributed by atoms with van der Waals surface area (Å²) in [6.07, 6.45) is -0.0463. The van der Waals surface area contributed by atoms with E-state index >= 15 is 0 Å². The lowest BCUT2D eigenvalue weighted by atomic mass is 10.00.